The van der Waals surface area contributed by atoms with Crippen LogP contribution in [0.25, 0.3) is 0 Å². The van der Waals surface area contributed by atoms with E-state index in [0.717, 1.165) is 0 Å². The lowest BCUT2D eigenvalue weighted by Gasteiger charge is -2.12. The van der Waals surface area contributed by atoms with Gasteiger partial charge in [-0.05, 0) is 19.8 Å². The summed E-state index contributed by atoms with van der Waals surface area (Å²) in [5, 5.41) is 13.9. The molecule has 3 N–H and O–H groups in total. The molecule has 86 valence electrons. The van der Waals surface area contributed by atoms with E-state index in [9.17, 15) is 9.59 Å². The van der Waals surface area contributed by atoms with E-state index in [0.29, 0.717) is 25.9 Å². The summed E-state index contributed by atoms with van der Waals surface area (Å²) in [6.45, 7) is 2.75. The number of nitrogens with one attached hydrogen (secondary N) is 2. The number of carboxylic acids is 1. The summed E-state index contributed by atoms with van der Waals surface area (Å²) in [6.07, 6.45) is 0.278. The number of carbonyl (C=O) groups is 2. The maximum absolute atomic E-state index is 11.0. The quantitative estimate of drug-likeness (QED) is 0.614. The zero-order chi connectivity index (χ0) is 11.3. The molecule has 0 saturated carbocycles. The lowest BCUT2D eigenvalue weighted by Crippen LogP contribution is -2.39. The molecule has 0 aliphatic carbocycles. The third-order valence-electron chi connectivity index (χ3n) is 2.21. The molecule has 0 spiro atoms. The molecule has 0 aromatic rings. The average Bonchev–Trinajstić information content (AvgIpc) is 2.63. The minimum atomic E-state index is -0.935. The molecule has 1 aliphatic heterocycles. The lowest BCUT2D eigenvalue weighted by atomic mass is 10.2. The van der Waals surface area contributed by atoms with Crippen LogP contribution in [0.15, 0.2) is 0 Å². The largest absolute Gasteiger partial charge is 0.479 e. The fourth-order valence-electron chi connectivity index (χ4n) is 1.47. The number of ether oxygens (including phenoxy) is 1. The van der Waals surface area contributed by atoms with Gasteiger partial charge in [-0.15, -0.1) is 0 Å². The van der Waals surface area contributed by atoms with Crippen molar-refractivity contribution in [2.24, 2.45) is 0 Å². The molecule has 1 fully saturated rings. The number of hydrogen-bond donors (Lipinski definition) is 3. The Bertz CT molecular complexity index is 244. The Kier molecular flexibility index (Phi) is 4.36. The standard InChI is InChI=1S/C9H16N2O4/c1-2-10-9(14)11-5-6-3-4-7(15-6)8(12)13/h6-7H,2-5H2,1H3,(H,12,13)(H2,10,11,14)/t6-,7+/m1/s1. The highest BCUT2D eigenvalue weighted by molar-refractivity contribution is 5.74. The molecule has 0 unspecified atom stereocenters. The van der Waals surface area contributed by atoms with Gasteiger partial charge < -0.3 is 20.5 Å². The van der Waals surface area contributed by atoms with Gasteiger partial charge in [-0.25, -0.2) is 9.59 Å². The summed E-state index contributed by atoms with van der Waals surface area (Å²) < 4.78 is 5.21. The third-order valence-corrected chi connectivity index (χ3v) is 2.21. The Morgan fingerprint density at radius 1 is 1.40 bits per heavy atom. The van der Waals surface area contributed by atoms with Crippen molar-refractivity contribution >= 4 is 12.0 Å². The summed E-state index contributed by atoms with van der Waals surface area (Å²) >= 11 is 0. The van der Waals surface area contributed by atoms with Gasteiger partial charge in [0.25, 0.3) is 0 Å². The molecule has 1 aliphatic rings. The van der Waals surface area contributed by atoms with Gasteiger partial charge in [0.05, 0.1) is 6.10 Å². The van der Waals surface area contributed by atoms with Crippen molar-refractivity contribution in [3.05, 3.63) is 0 Å². The Labute approximate surface area is 88.0 Å². The summed E-state index contributed by atoms with van der Waals surface area (Å²) in [6, 6.07) is -0.250. The fraction of sp³-hybridized carbons (Fsp3) is 0.778. The maximum Gasteiger partial charge on any atom is 0.332 e. The van der Waals surface area contributed by atoms with E-state index in [-0.39, 0.29) is 12.1 Å². The monoisotopic (exact) mass is 216 g/mol. The van der Waals surface area contributed by atoms with Crippen LogP contribution in [0.2, 0.25) is 0 Å². The molecule has 0 radical (unpaired) electrons. The minimum Gasteiger partial charge on any atom is -0.479 e. The number of carboxylic acid groups (broad SMARTS) is 1. The highest BCUT2D eigenvalue weighted by Gasteiger charge is 2.30. The Morgan fingerprint density at radius 3 is 2.67 bits per heavy atom. The van der Waals surface area contributed by atoms with E-state index in [1.165, 1.54) is 0 Å². The molecular weight excluding hydrogens is 200 g/mol. The first-order valence-corrected chi connectivity index (χ1v) is 5.03. The number of amides is 2. The number of urea groups is 1. The van der Waals surface area contributed by atoms with Gasteiger partial charge in [-0.2, -0.15) is 0 Å². The molecule has 1 heterocycles. The molecule has 6 heteroatoms. The maximum atomic E-state index is 11.0. The van der Waals surface area contributed by atoms with Crippen LogP contribution in [0.4, 0.5) is 4.79 Å². The number of aliphatic carboxylic acids is 1. The van der Waals surface area contributed by atoms with E-state index in [1.54, 1.807) is 0 Å². The van der Waals surface area contributed by atoms with Crippen molar-refractivity contribution in [3.63, 3.8) is 0 Å². The zero-order valence-electron chi connectivity index (χ0n) is 8.66. The predicted molar refractivity (Wildman–Crippen MR) is 52.6 cm³/mol. The smallest absolute Gasteiger partial charge is 0.332 e. The second kappa shape index (κ2) is 5.55. The van der Waals surface area contributed by atoms with Crippen LogP contribution in [-0.4, -0.2) is 42.4 Å². The Balaban J connectivity index is 2.19. The molecule has 0 bridgehead atoms. The summed E-state index contributed by atoms with van der Waals surface area (Å²) in [7, 11) is 0. The van der Waals surface area contributed by atoms with Gasteiger partial charge in [0.1, 0.15) is 0 Å². The first-order chi connectivity index (χ1) is 7.13. The molecule has 2 atom stereocenters. The van der Waals surface area contributed by atoms with Gasteiger partial charge in [-0.1, -0.05) is 0 Å². The molecule has 1 saturated heterocycles. The van der Waals surface area contributed by atoms with E-state index in [4.69, 9.17) is 9.84 Å². The van der Waals surface area contributed by atoms with Crippen molar-refractivity contribution in [2.75, 3.05) is 13.1 Å². The van der Waals surface area contributed by atoms with Crippen LogP contribution < -0.4 is 10.6 Å². The highest BCUT2D eigenvalue weighted by Crippen LogP contribution is 2.18. The van der Waals surface area contributed by atoms with E-state index >= 15 is 0 Å². The van der Waals surface area contributed by atoms with Gasteiger partial charge in [0.2, 0.25) is 0 Å². The molecule has 6 nitrogen and oxygen atoms in total. The van der Waals surface area contributed by atoms with Gasteiger partial charge >= 0.3 is 12.0 Å². The zero-order valence-corrected chi connectivity index (χ0v) is 8.66. The number of hydrogen-bond acceptors (Lipinski definition) is 3. The second-order valence-electron chi connectivity index (χ2n) is 3.40. The van der Waals surface area contributed by atoms with E-state index in [2.05, 4.69) is 10.6 Å². The van der Waals surface area contributed by atoms with Gasteiger partial charge in [0.15, 0.2) is 6.10 Å². The van der Waals surface area contributed by atoms with Crippen LogP contribution in [0.1, 0.15) is 19.8 Å². The Morgan fingerprint density at radius 2 is 2.13 bits per heavy atom. The van der Waals surface area contributed by atoms with Crippen molar-refractivity contribution in [1.82, 2.24) is 10.6 Å². The average molecular weight is 216 g/mol. The van der Waals surface area contributed by atoms with Crippen LogP contribution in [0, 0.1) is 0 Å². The fourth-order valence-corrected chi connectivity index (χ4v) is 1.47. The highest BCUT2D eigenvalue weighted by atomic mass is 16.5. The molecule has 2 amide bonds. The van der Waals surface area contributed by atoms with Crippen molar-refractivity contribution in [1.29, 1.82) is 0 Å². The van der Waals surface area contributed by atoms with Crippen LogP contribution in [0.5, 0.6) is 0 Å². The van der Waals surface area contributed by atoms with Crippen LogP contribution in [-0.2, 0) is 9.53 Å². The Hall–Kier alpha value is -1.30. The summed E-state index contributed by atoms with van der Waals surface area (Å²) in [5.41, 5.74) is 0. The second-order valence-corrected chi connectivity index (χ2v) is 3.40. The normalized spacial score (nSPS) is 24.9. The topological polar surface area (TPSA) is 87.7 Å². The van der Waals surface area contributed by atoms with Gasteiger partial charge in [-0.3, -0.25) is 0 Å². The molecule has 1 rings (SSSR count). The van der Waals surface area contributed by atoms with Crippen molar-refractivity contribution < 1.29 is 19.4 Å². The van der Waals surface area contributed by atoms with Crippen LogP contribution in [0.3, 0.4) is 0 Å². The molecule has 0 aromatic carbocycles. The first kappa shape index (κ1) is 11.8. The first-order valence-electron chi connectivity index (χ1n) is 5.03. The number of rotatable bonds is 4. The van der Waals surface area contributed by atoms with Crippen LogP contribution >= 0.6 is 0 Å². The molecular formula is C9H16N2O4. The number of carbonyl (C=O) groups excluding carboxylic acids is 1. The minimum absolute atomic E-state index is 0.186. The third kappa shape index (κ3) is 3.75. The van der Waals surface area contributed by atoms with Crippen molar-refractivity contribution in [3.8, 4) is 0 Å². The van der Waals surface area contributed by atoms with Gasteiger partial charge in [0, 0.05) is 13.1 Å². The summed E-state index contributed by atoms with van der Waals surface area (Å²) in [4.78, 5) is 21.6. The lowest BCUT2D eigenvalue weighted by molar-refractivity contribution is -0.149. The predicted octanol–water partition coefficient (Wildman–Crippen LogP) is -0.0623. The van der Waals surface area contributed by atoms with E-state index < -0.39 is 12.1 Å². The van der Waals surface area contributed by atoms with Crippen molar-refractivity contribution in [2.45, 2.75) is 32.0 Å². The van der Waals surface area contributed by atoms with E-state index in [1.807, 2.05) is 6.92 Å². The summed E-state index contributed by atoms with van der Waals surface area (Å²) in [5.74, 6) is -0.935. The SMILES string of the molecule is CCNC(=O)NC[C@H]1CC[C@@H](C(=O)O)O1. The molecule has 0 aromatic heterocycles. The molecule has 15 heavy (non-hydrogen) atoms.